The molecule has 0 spiro atoms. The summed E-state index contributed by atoms with van der Waals surface area (Å²) >= 11 is 0. The van der Waals surface area contributed by atoms with Crippen LogP contribution in [-0.2, 0) is 20.8 Å². The first kappa shape index (κ1) is 25.7. The van der Waals surface area contributed by atoms with E-state index >= 15 is 0 Å². The zero-order valence-corrected chi connectivity index (χ0v) is 21.6. The lowest BCUT2D eigenvalue weighted by Gasteiger charge is -2.49. The minimum atomic E-state index is -0.651. The van der Waals surface area contributed by atoms with E-state index in [1.165, 1.54) is 11.3 Å². The zero-order chi connectivity index (χ0) is 26.0. The van der Waals surface area contributed by atoms with E-state index in [9.17, 15) is 19.2 Å². The van der Waals surface area contributed by atoms with Crippen LogP contribution in [0.4, 0.5) is 4.79 Å². The lowest BCUT2D eigenvalue weighted by atomic mass is 9.75. The van der Waals surface area contributed by atoms with Crippen molar-refractivity contribution in [1.29, 1.82) is 0 Å². The topological polar surface area (TPSA) is 116 Å². The molecule has 0 radical (unpaired) electrons. The second-order valence-electron chi connectivity index (χ2n) is 11.2. The van der Waals surface area contributed by atoms with Crippen LogP contribution in [0.25, 0.3) is 0 Å². The van der Waals surface area contributed by atoms with E-state index in [1.54, 1.807) is 0 Å². The van der Waals surface area contributed by atoms with Gasteiger partial charge in [-0.15, -0.1) is 0 Å². The monoisotopic (exact) mass is 509 g/mol. The molecule has 1 aromatic carbocycles. The first-order valence-corrected chi connectivity index (χ1v) is 13.9. The van der Waals surface area contributed by atoms with Crippen molar-refractivity contribution in [3.63, 3.8) is 0 Å². The number of piperidine rings is 2. The van der Waals surface area contributed by atoms with E-state index in [-0.39, 0.29) is 41.6 Å². The standard InChI is InChI=1S/C28H39N5O4/c29-26(36)28(32-14-5-2-6-15-32)12-17-31(18-13-28)24(34)21-9-10-22-23(19-21)30-27(37)33(25(22)35)16-11-20-7-3-1-4-8-20/h1,3-4,7-8,21-23H,2,5-6,9-19H2,(H2,29,36)(H,30,37). The summed E-state index contributed by atoms with van der Waals surface area (Å²) in [6.07, 6.45) is 6.81. The van der Waals surface area contributed by atoms with Crippen LogP contribution in [0.3, 0.4) is 0 Å². The molecule has 9 heteroatoms. The number of carbonyl (C=O) groups excluding carboxylic acids is 4. The van der Waals surface area contributed by atoms with Crippen molar-refractivity contribution in [2.24, 2.45) is 17.6 Å². The summed E-state index contributed by atoms with van der Waals surface area (Å²) in [7, 11) is 0. The molecular weight excluding hydrogens is 470 g/mol. The van der Waals surface area contributed by atoms with Crippen LogP contribution in [0.2, 0.25) is 0 Å². The second kappa shape index (κ2) is 10.8. The predicted octanol–water partition coefficient (Wildman–Crippen LogP) is 1.90. The smallest absolute Gasteiger partial charge is 0.324 e. The van der Waals surface area contributed by atoms with E-state index in [2.05, 4.69) is 10.2 Å². The van der Waals surface area contributed by atoms with Gasteiger partial charge in [-0.2, -0.15) is 0 Å². The first-order chi connectivity index (χ1) is 17.9. The molecular formula is C28H39N5O4. The van der Waals surface area contributed by atoms with Gasteiger partial charge in [0.2, 0.25) is 17.7 Å². The average molecular weight is 510 g/mol. The van der Waals surface area contributed by atoms with Crippen LogP contribution in [0.1, 0.15) is 56.9 Å². The van der Waals surface area contributed by atoms with Crippen molar-refractivity contribution in [2.75, 3.05) is 32.7 Å². The molecule has 1 aromatic rings. The highest BCUT2D eigenvalue weighted by Gasteiger charge is 2.48. The molecule has 3 heterocycles. The molecule has 5 rings (SSSR count). The van der Waals surface area contributed by atoms with Crippen LogP contribution in [0.5, 0.6) is 0 Å². The van der Waals surface area contributed by atoms with Crippen molar-refractivity contribution < 1.29 is 19.2 Å². The van der Waals surface area contributed by atoms with Gasteiger partial charge in [0.15, 0.2) is 0 Å². The summed E-state index contributed by atoms with van der Waals surface area (Å²) in [6.45, 7) is 3.16. The van der Waals surface area contributed by atoms with Gasteiger partial charge >= 0.3 is 6.03 Å². The average Bonchev–Trinajstić information content (AvgIpc) is 2.93. The number of nitrogens with zero attached hydrogens (tertiary/aromatic N) is 3. The Balaban J connectivity index is 1.16. The Bertz CT molecular complexity index is 1020. The zero-order valence-electron chi connectivity index (χ0n) is 21.6. The molecule has 4 aliphatic rings. The molecule has 4 fully saturated rings. The Morgan fingerprint density at radius 2 is 1.68 bits per heavy atom. The van der Waals surface area contributed by atoms with Crippen molar-refractivity contribution >= 4 is 23.8 Å². The number of carbonyl (C=O) groups is 4. The molecule has 1 saturated carbocycles. The maximum Gasteiger partial charge on any atom is 0.324 e. The lowest BCUT2D eigenvalue weighted by molar-refractivity contribution is -0.147. The third-order valence-electron chi connectivity index (χ3n) is 9.13. The molecule has 5 amide bonds. The number of hydrogen-bond acceptors (Lipinski definition) is 5. The first-order valence-electron chi connectivity index (χ1n) is 13.9. The van der Waals surface area contributed by atoms with Gasteiger partial charge in [-0.1, -0.05) is 36.8 Å². The van der Waals surface area contributed by atoms with Crippen molar-refractivity contribution in [3.05, 3.63) is 35.9 Å². The van der Waals surface area contributed by atoms with Crippen molar-refractivity contribution in [1.82, 2.24) is 20.0 Å². The number of fused-ring (bicyclic) bond motifs is 1. The Kier molecular flexibility index (Phi) is 7.51. The number of nitrogens with two attached hydrogens (primary N) is 1. The molecule has 1 aliphatic carbocycles. The highest BCUT2D eigenvalue weighted by Crippen LogP contribution is 2.36. The van der Waals surface area contributed by atoms with E-state index in [0.717, 1.165) is 31.5 Å². The minimum absolute atomic E-state index is 0.0726. The molecule has 200 valence electrons. The number of primary amides is 1. The molecule has 3 unspecified atom stereocenters. The number of nitrogens with one attached hydrogen (secondary N) is 1. The molecule has 3 aliphatic heterocycles. The maximum absolute atomic E-state index is 13.5. The SMILES string of the molecule is NC(=O)C1(N2CCCCC2)CCN(C(=O)C2CCC3C(=O)N(CCc4ccccc4)C(=O)NC3C2)CC1. The van der Waals surface area contributed by atoms with Gasteiger partial charge in [0.05, 0.1) is 5.92 Å². The number of imide groups is 1. The molecule has 9 nitrogen and oxygen atoms in total. The normalized spacial score (nSPS) is 28.4. The van der Waals surface area contributed by atoms with Crippen molar-refractivity contribution in [3.8, 4) is 0 Å². The van der Waals surface area contributed by atoms with Gasteiger partial charge in [0.1, 0.15) is 5.54 Å². The summed E-state index contributed by atoms with van der Waals surface area (Å²) in [5.41, 5.74) is 6.34. The molecule has 0 bridgehead atoms. The Morgan fingerprint density at radius 1 is 0.973 bits per heavy atom. The lowest BCUT2D eigenvalue weighted by Crippen LogP contribution is -2.64. The number of amides is 5. The highest BCUT2D eigenvalue weighted by molar-refractivity contribution is 5.99. The van der Waals surface area contributed by atoms with Gasteiger partial charge in [-0.05, 0) is 70.0 Å². The predicted molar refractivity (Wildman–Crippen MR) is 138 cm³/mol. The number of urea groups is 1. The minimum Gasteiger partial charge on any atom is -0.368 e. The third kappa shape index (κ3) is 5.10. The molecule has 37 heavy (non-hydrogen) atoms. The number of benzene rings is 1. The van der Waals surface area contributed by atoms with Gasteiger partial charge in [-0.3, -0.25) is 24.2 Å². The van der Waals surface area contributed by atoms with Crippen LogP contribution < -0.4 is 11.1 Å². The number of likely N-dealkylation sites (tertiary alicyclic amines) is 2. The van der Waals surface area contributed by atoms with Crippen LogP contribution in [-0.4, -0.2) is 82.8 Å². The molecule has 3 atom stereocenters. The summed E-state index contributed by atoms with van der Waals surface area (Å²) in [6, 6.07) is 9.16. The summed E-state index contributed by atoms with van der Waals surface area (Å²) in [4.78, 5) is 57.4. The quantitative estimate of drug-likeness (QED) is 0.608. The number of hydrogen-bond donors (Lipinski definition) is 2. The van der Waals surface area contributed by atoms with E-state index in [1.807, 2.05) is 35.2 Å². The van der Waals surface area contributed by atoms with Crippen molar-refractivity contribution in [2.45, 2.75) is 69.4 Å². The van der Waals surface area contributed by atoms with Crippen LogP contribution in [0, 0.1) is 11.8 Å². The van der Waals surface area contributed by atoms with Gasteiger partial charge < -0.3 is 16.0 Å². The van der Waals surface area contributed by atoms with Gasteiger partial charge in [0, 0.05) is 31.6 Å². The Hall–Kier alpha value is -2.94. The summed E-state index contributed by atoms with van der Waals surface area (Å²) in [5, 5.41) is 3.02. The maximum atomic E-state index is 13.5. The van der Waals surface area contributed by atoms with E-state index in [0.29, 0.717) is 58.2 Å². The van der Waals surface area contributed by atoms with Gasteiger partial charge in [-0.25, -0.2) is 4.79 Å². The summed E-state index contributed by atoms with van der Waals surface area (Å²) in [5.74, 6) is -0.825. The van der Waals surface area contributed by atoms with Gasteiger partial charge in [0.25, 0.3) is 0 Å². The fourth-order valence-corrected chi connectivity index (χ4v) is 6.88. The molecule has 3 saturated heterocycles. The Morgan fingerprint density at radius 3 is 2.35 bits per heavy atom. The third-order valence-corrected chi connectivity index (χ3v) is 9.13. The molecule has 0 aromatic heterocycles. The summed E-state index contributed by atoms with van der Waals surface area (Å²) < 4.78 is 0. The van der Waals surface area contributed by atoms with E-state index in [4.69, 9.17) is 5.73 Å². The number of rotatable bonds is 6. The largest absolute Gasteiger partial charge is 0.368 e. The Labute approximate surface area is 218 Å². The second-order valence-corrected chi connectivity index (χ2v) is 11.2. The van der Waals surface area contributed by atoms with E-state index < -0.39 is 5.54 Å². The fourth-order valence-electron chi connectivity index (χ4n) is 6.88. The van der Waals surface area contributed by atoms with Crippen LogP contribution in [0.15, 0.2) is 30.3 Å². The highest BCUT2D eigenvalue weighted by atomic mass is 16.2. The van der Waals surface area contributed by atoms with Crippen LogP contribution >= 0.6 is 0 Å². The molecule has 3 N–H and O–H groups in total. The fraction of sp³-hybridized carbons (Fsp3) is 0.643.